The van der Waals surface area contributed by atoms with E-state index in [1.54, 1.807) is 11.3 Å². The van der Waals surface area contributed by atoms with E-state index in [-0.39, 0.29) is 0 Å². The predicted molar refractivity (Wildman–Crippen MR) is 108 cm³/mol. The highest BCUT2D eigenvalue weighted by molar-refractivity contribution is 7.10. The number of benzene rings is 1. The summed E-state index contributed by atoms with van der Waals surface area (Å²) in [5.74, 6) is 0.899. The van der Waals surface area contributed by atoms with Gasteiger partial charge in [0.15, 0.2) is 0 Å². The van der Waals surface area contributed by atoms with Gasteiger partial charge in [-0.05, 0) is 37.6 Å². The summed E-state index contributed by atoms with van der Waals surface area (Å²) in [7, 11) is 0. The van der Waals surface area contributed by atoms with Gasteiger partial charge in [0, 0.05) is 10.3 Å². The summed E-state index contributed by atoms with van der Waals surface area (Å²) in [5, 5.41) is 14.0. The molecule has 130 valence electrons. The van der Waals surface area contributed by atoms with E-state index >= 15 is 0 Å². The van der Waals surface area contributed by atoms with Gasteiger partial charge in [0.05, 0.1) is 34.5 Å². The summed E-state index contributed by atoms with van der Waals surface area (Å²) < 4.78 is 1.87. The van der Waals surface area contributed by atoms with Crippen molar-refractivity contribution in [2.75, 3.05) is 10.6 Å². The van der Waals surface area contributed by atoms with Crippen molar-refractivity contribution in [3.05, 3.63) is 69.9 Å². The van der Waals surface area contributed by atoms with Crippen LogP contribution in [0.5, 0.6) is 0 Å². The lowest BCUT2D eigenvalue weighted by Gasteiger charge is -2.13. The summed E-state index contributed by atoms with van der Waals surface area (Å²) >= 11 is 7.98. The van der Waals surface area contributed by atoms with Gasteiger partial charge >= 0.3 is 0 Å². The van der Waals surface area contributed by atoms with E-state index in [1.807, 2.05) is 41.3 Å². The normalized spacial score (nSPS) is 11.6. The summed E-state index contributed by atoms with van der Waals surface area (Å²) in [6.45, 7) is 4.25. The lowest BCUT2D eigenvalue weighted by atomic mass is 10.3. The van der Waals surface area contributed by atoms with Crippen molar-refractivity contribution >= 4 is 34.3 Å². The zero-order valence-corrected chi connectivity index (χ0v) is 15.9. The van der Waals surface area contributed by atoms with E-state index in [0.717, 1.165) is 35.7 Å². The van der Waals surface area contributed by atoms with Crippen LogP contribution in [0.3, 0.4) is 0 Å². The second-order valence-electron chi connectivity index (χ2n) is 5.73. The SMILES string of the molecule is CCC/C=C(/Nc1cnn(-c2csc(C)c2)c1)Nc1ccccc1Cl. The Morgan fingerprint density at radius 2 is 2.16 bits per heavy atom. The van der Waals surface area contributed by atoms with Crippen molar-refractivity contribution in [1.82, 2.24) is 9.78 Å². The van der Waals surface area contributed by atoms with Gasteiger partial charge in [-0.1, -0.05) is 37.1 Å². The van der Waals surface area contributed by atoms with E-state index in [1.165, 1.54) is 4.88 Å². The number of halogens is 1. The van der Waals surface area contributed by atoms with Crippen LogP contribution in [-0.4, -0.2) is 9.78 Å². The molecular formula is C19H21ClN4S. The molecule has 3 rings (SSSR count). The minimum Gasteiger partial charge on any atom is -0.341 e. The first kappa shape index (κ1) is 17.6. The molecule has 2 N–H and O–H groups in total. The van der Waals surface area contributed by atoms with Crippen LogP contribution in [0.25, 0.3) is 5.69 Å². The molecule has 0 unspecified atom stereocenters. The average molecular weight is 373 g/mol. The highest BCUT2D eigenvalue weighted by Crippen LogP contribution is 2.23. The van der Waals surface area contributed by atoms with Gasteiger partial charge in [-0.15, -0.1) is 11.3 Å². The molecule has 2 aromatic heterocycles. The summed E-state index contributed by atoms with van der Waals surface area (Å²) in [4.78, 5) is 1.27. The van der Waals surface area contributed by atoms with Crippen LogP contribution in [0, 0.1) is 6.92 Å². The number of unbranched alkanes of at least 4 members (excludes halogenated alkanes) is 1. The molecular weight excluding hydrogens is 352 g/mol. The number of hydrogen-bond acceptors (Lipinski definition) is 4. The summed E-state index contributed by atoms with van der Waals surface area (Å²) in [5.41, 5.74) is 2.87. The Kier molecular flexibility index (Phi) is 5.79. The minimum atomic E-state index is 0.691. The van der Waals surface area contributed by atoms with Crippen LogP contribution in [0.15, 0.2) is 60.0 Å². The Hall–Kier alpha value is -2.24. The molecule has 0 radical (unpaired) electrons. The van der Waals surface area contributed by atoms with Gasteiger partial charge in [0.25, 0.3) is 0 Å². The molecule has 0 atom stereocenters. The van der Waals surface area contributed by atoms with Crippen molar-refractivity contribution in [2.45, 2.75) is 26.7 Å². The fourth-order valence-corrected chi connectivity index (χ4v) is 3.22. The first-order chi connectivity index (χ1) is 12.2. The van der Waals surface area contributed by atoms with Crippen molar-refractivity contribution in [1.29, 1.82) is 0 Å². The largest absolute Gasteiger partial charge is 0.341 e. The fraction of sp³-hybridized carbons (Fsp3) is 0.211. The number of aromatic nitrogens is 2. The second kappa shape index (κ2) is 8.23. The molecule has 0 bridgehead atoms. The van der Waals surface area contributed by atoms with E-state index in [2.05, 4.69) is 47.1 Å². The van der Waals surface area contributed by atoms with Gasteiger partial charge in [0.2, 0.25) is 0 Å². The Bertz CT molecular complexity index is 866. The first-order valence-corrected chi connectivity index (χ1v) is 9.50. The van der Waals surface area contributed by atoms with Crippen molar-refractivity contribution in [2.24, 2.45) is 0 Å². The number of allylic oxidation sites excluding steroid dienone is 1. The third-order valence-electron chi connectivity index (χ3n) is 3.62. The molecule has 25 heavy (non-hydrogen) atoms. The van der Waals surface area contributed by atoms with Crippen molar-refractivity contribution in [3.8, 4) is 5.69 Å². The van der Waals surface area contributed by atoms with Gasteiger partial charge in [0.1, 0.15) is 5.82 Å². The Morgan fingerprint density at radius 3 is 2.88 bits per heavy atom. The molecule has 2 heterocycles. The maximum atomic E-state index is 6.26. The van der Waals surface area contributed by atoms with Crippen LogP contribution in [0.4, 0.5) is 11.4 Å². The highest BCUT2D eigenvalue weighted by Gasteiger charge is 2.06. The van der Waals surface area contributed by atoms with E-state index in [0.29, 0.717) is 5.02 Å². The first-order valence-electron chi connectivity index (χ1n) is 8.24. The minimum absolute atomic E-state index is 0.691. The smallest absolute Gasteiger partial charge is 0.104 e. The Labute approximate surface area is 157 Å². The quantitative estimate of drug-likeness (QED) is 0.529. The molecule has 6 heteroatoms. The highest BCUT2D eigenvalue weighted by atomic mass is 35.5. The third-order valence-corrected chi connectivity index (χ3v) is 4.80. The Morgan fingerprint density at radius 1 is 1.32 bits per heavy atom. The maximum absolute atomic E-state index is 6.26. The number of nitrogens with one attached hydrogen (secondary N) is 2. The molecule has 0 spiro atoms. The molecule has 0 saturated carbocycles. The molecule has 0 aliphatic rings. The van der Waals surface area contributed by atoms with Gasteiger partial charge in [-0.25, -0.2) is 4.68 Å². The topological polar surface area (TPSA) is 41.9 Å². The van der Waals surface area contributed by atoms with Gasteiger partial charge in [-0.2, -0.15) is 5.10 Å². The number of thiophene rings is 1. The van der Waals surface area contributed by atoms with Crippen LogP contribution >= 0.6 is 22.9 Å². The molecule has 3 aromatic rings. The maximum Gasteiger partial charge on any atom is 0.104 e. The summed E-state index contributed by atoms with van der Waals surface area (Å²) in [6, 6.07) is 9.84. The number of nitrogens with zero attached hydrogens (tertiary/aromatic N) is 2. The molecule has 4 nitrogen and oxygen atoms in total. The number of anilines is 2. The van der Waals surface area contributed by atoms with E-state index < -0.39 is 0 Å². The Balaban J connectivity index is 1.77. The lowest BCUT2D eigenvalue weighted by Crippen LogP contribution is -2.09. The number of hydrogen-bond donors (Lipinski definition) is 2. The zero-order valence-electron chi connectivity index (χ0n) is 14.3. The van der Waals surface area contributed by atoms with Crippen molar-refractivity contribution < 1.29 is 0 Å². The molecule has 0 saturated heterocycles. The van der Waals surface area contributed by atoms with Gasteiger partial charge < -0.3 is 10.6 Å². The molecule has 0 amide bonds. The van der Waals surface area contributed by atoms with Crippen LogP contribution in [0.1, 0.15) is 24.6 Å². The zero-order chi connectivity index (χ0) is 17.6. The number of para-hydroxylation sites is 1. The number of rotatable bonds is 7. The molecule has 1 aromatic carbocycles. The van der Waals surface area contributed by atoms with Crippen LogP contribution in [-0.2, 0) is 0 Å². The third kappa shape index (κ3) is 4.65. The molecule has 0 aliphatic heterocycles. The average Bonchev–Trinajstić information content (AvgIpc) is 3.23. The lowest BCUT2D eigenvalue weighted by molar-refractivity contribution is 0.884. The van der Waals surface area contributed by atoms with Crippen LogP contribution in [0.2, 0.25) is 5.02 Å². The fourth-order valence-electron chi connectivity index (χ4n) is 2.36. The van der Waals surface area contributed by atoms with E-state index in [4.69, 9.17) is 11.6 Å². The van der Waals surface area contributed by atoms with Crippen molar-refractivity contribution in [3.63, 3.8) is 0 Å². The second-order valence-corrected chi connectivity index (χ2v) is 7.25. The predicted octanol–water partition coefficient (Wildman–Crippen LogP) is 6.06. The molecule has 0 aliphatic carbocycles. The summed E-state index contributed by atoms with van der Waals surface area (Å²) in [6.07, 6.45) is 7.98. The monoisotopic (exact) mass is 372 g/mol. The number of aryl methyl sites for hydroxylation is 1. The molecule has 0 fully saturated rings. The van der Waals surface area contributed by atoms with E-state index in [9.17, 15) is 0 Å². The standard InChI is InChI=1S/C19H21ClN4S/c1-3-4-9-19(23-18-8-6-5-7-17(18)20)22-15-11-21-24(12-15)16-10-14(2)25-13-16/h5-13,22-23H,3-4H2,1-2H3/b19-9-. The van der Waals surface area contributed by atoms with Crippen LogP contribution < -0.4 is 10.6 Å². The van der Waals surface area contributed by atoms with Gasteiger partial charge in [-0.3, -0.25) is 0 Å².